The van der Waals surface area contributed by atoms with E-state index >= 15 is 0 Å². The highest BCUT2D eigenvalue weighted by atomic mass is 16.5. The summed E-state index contributed by atoms with van der Waals surface area (Å²) in [6.45, 7) is 0.192. The number of nitrogens with two attached hydrogens (primary N) is 1. The van der Waals surface area contributed by atoms with E-state index < -0.39 is 0 Å². The molecule has 0 aliphatic heterocycles. The molecule has 0 amide bonds. The van der Waals surface area contributed by atoms with Crippen LogP contribution >= 0.6 is 0 Å². The molecule has 0 atom stereocenters. The molecule has 2 aromatic rings. The van der Waals surface area contributed by atoms with Crippen LogP contribution in [0.1, 0.15) is 5.89 Å². The van der Waals surface area contributed by atoms with E-state index in [9.17, 15) is 4.79 Å². The minimum absolute atomic E-state index is 0.119. The fraction of sp³-hybridized carbons (Fsp3) is 0.222. The zero-order valence-corrected chi connectivity index (χ0v) is 8.17. The van der Waals surface area contributed by atoms with Crippen molar-refractivity contribution in [2.75, 3.05) is 0 Å². The van der Waals surface area contributed by atoms with Crippen LogP contribution in [0.4, 0.5) is 0 Å². The van der Waals surface area contributed by atoms with E-state index in [2.05, 4.69) is 10.1 Å². The van der Waals surface area contributed by atoms with Crippen LogP contribution in [0.3, 0.4) is 0 Å². The highest BCUT2D eigenvalue weighted by Crippen LogP contribution is 2.12. The summed E-state index contributed by atoms with van der Waals surface area (Å²) < 4.78 is 6.31. The van der Waals surface area contributed by atoms with E-state index in [4.69, 9.17) is 10.3 Å². The van der Waals surface area contributed by atoms with Crippen molar-refractivity contribution in [2.24, 2.45) is 12.8 Å². The molecule has 78 valence electrons. The minimum atomic E-state index is -0.119. The molecule has 0 saturated heterocycles. The van der Waals surface area contributed by atoms with Crippen molar-refractivity contribution in [1.82, 2.24) is 14.7 Å². The lowest BCUT2D eigenvalue weighted by atomic mass is 10.2. The summed E-state index contributed by atoms with van der Waals surface area (Å²) in [6, 6.07) is 3.19. The second kappa shape index (κ2) is 3.66. The lowest BCUT2D eigenvalue weighted by Crippen LogP contribution is -2.14. The maximum Gasteiger partial charge on any atom is 0.250 e. The van der Waals surface area contributed by atoms with Crippen molar-refractivity contribution in [2.45, 2.75) is 6.54 Å². The van der Waals surface area contributed by atoms with Crippen LogP contribution in [0.2, 0.25) is 0 Å². The number of pyridine rings is 1. The summed E-state index contributed by atoms with van der Waals surface area (Å²) in [4.78, 5) is 15.4. The molecule has 6 heteroatoms. The van der Waals surface area contributed by atoms with Gasteiger partial charge >= 0.3 is 0 Å². The third-order valence-electron chi connectivity index (χ3n) is 2.01. The Morgan fingerprint density at radius 3 is 3.00 bits per heavy atom. The summed E-state index contributed by atoms with van der Waals surface area (Å²) in [5, 5.41) is 3.71. The standard InChI is InChI=1S/C9H10N4O2/c1-13-3-2-6(4-8(13)14)9-11-7(5-10)15-12-9/h2-4H,5,10H2,1H3. The Balaban J connectivity index is 2.45. The smallest absolute Gasteiger partial charge is 0.250 e. The molecule has 0 fully saturated rings. The molecule has 0 aliphatic rings. The van der Waals surface area contributed by atoms with Crippen molar-refractivity contribution >= 4 is 0 Å². The van der Waals surface area contributed by atoms with Gasteiger partial charge in [0.15, 0.2) is 0 Å². The predicted molar refractivity (Wildman–Crippen MR) is 52.9 cm³/mol. The fourth-order valence-corrected chi connectivity index (χ4v) is 1.14. The monoisotopic (exact) mass is 206 g/mol. The normalized spacial score (nSPS) is 10.5. The van der Waals surface area contributed by atoms with Gasteiger partial charge in [0.1, 0.15) is 0 Å². The minimum Gasteiger partial charge on any atom is -0.338 e. The molecule has 0 aromatic carbocycles. The number of nitrogens with zero attached hydrogens (tertiary/aromatic N) is 3. The van der Waals surface area contributed by atoms with Gasteiger partial charge in [0.05, 0.1) is 6.54 Å². The highest BCUT2D eigenvalue weighted by Gasteiger charge is 2.07. The molecular formula is C9H10N4O2. The fourth-order valence-electron chi connectivity index (χ4n) is 1.14. The average molecular weight is 206 g/mol. The quantitative estimate of drug-likeness (QED) is 0.741. The SMILES string of the molecule is Cn1ccc(-c2noc(CN)n2)cc1=O. The number of rotatable bonds is 2. The molecule has 0 bridgehead atoms. The maximum atomic E-state index is 11.3. The Morgan fingerprint density at radius 2 is 2.40 bits per heavy atom. The van der Waals surface area contributed by atoms with E-state index in [1.54, 1.807) is 19.3 Å². The molecule has 2 N–H and O–H groups in total. The summed E-state index contributed by atoms with van der Waals surface area (Å²) >= 11 is 0. The third kappa shape index (κ3) is 1.79. The largest absolute Gasteiger partial charge is 0.338 e. The van der Waals surface area contributed by atoms with Crippen LogP contribution in [-0.4, -0.2) is 14.7 Å². The molecular weight excluding hydrogens is 196 g/mol. The molecule has 0 unspecified atom stereocenters. The van der Waals surface area contributed by atoms with Gasteiger partial charge in [-0.2, -0.15) is 4.98 Å². The van der Waals surface area contributed by atoms with Gasteiger partial charge in [-0.1, -0.05) is 5.16 Å². The van der Waals surface area contributed by atoms with Gasteiger partial charge in [0.2, 0.25) is 11.7 Å². The Labute approximate surface area is 85.3 Å². The van der Waals surface area contributed by atoms with Crippen molar-refractivity contribution < 1.29 is 4.52 Å². The Kier molecular flexibility index (Phi) is 2.34. The molecule has 2 rings (SSSR count). The lowest BCUT2D eigenvalue weighted by Gasteiger charge is -1.96. The first kappa shape index (κ1) is 9.60. The topological polar surface area (TPSA) is 86.9 Å². The molecule has 2 heterocycles. The Bertz CT molecular complexity index is 529. The van der Waals surface area contributed by atoms with Crippen molar-refractivity contribution in [3.8, 4) is 11.4 Å². The van der Waals surface area contributed by atoms with Crippen LogP contribution in [0, 0.1) is 0 Å². The van der Waals surface area contributed by atoms with E-state index in [1.807, 2.05) is 0 Å². The predicted octanol–water partition coefficient (Wildman–Crippen LogP) is -0.106. The van der Waals surface area contributed by atoms with Crippen molar-refractivity contribution in [3.63, 3.8) is 0 Å². The first-order valence-corrected chi connectivity index (χ1v) is 4.40. The van der Waals surface area contributed by atoms with Crippen molar-refractivity contribution in [1.29, 1.82) is 0 Å². The van der Waals surface area contributed by atoms with Crippen molar-refractivity contribution in [3.05, 3.63) is 34.6 Å². The molecule has 2 aromatic heterocycles. The second-order valence-corrected chi connectivity index (χ2v) is 3.08. The average Bonchev–Trinajstić information content (AvgIpc) is 2.70. The molecule has 0 aliphatic carbocycles. The Morgan fingerprint density at radius 1 is 1.60 bits per heavy atom. The van der Waals surface area contributed by atoms with Crippen LogP contribution in [0.15, 0.2) is 27.6 Å². The van der Waals surface area contributed by atoms with Crippen LogP contribution < -0.4 is 11.3 Å². The number of hydrogen-bond acceptors (Lipinski definition) is 5. The van der Waals surface area contributed by atoms with Gasteiger partial charge < -0.3 is 14.8 Å². The number of aryl methyl sites for hydroxylation is 1. The maximum absolute atomic E-state index is 11.3. The molecule has 6 nitrogen and oxygen atoms in total. The van der Waals surface area contributed by atoms with Gasteiger partial charge in [0.25, 0.3) is 5.56 Å². The van der Waals surface area contributed by atoms with Crippen LogP contribution in [-0.2, 0) is 13.6 Å². The van der Waals surface area contributed by atoms with Crippen LogP contribution in [0.5, 0.6) is 0 Å². The Hall–Kier alpha value is -1.95. The first-order valence-electron chi connectivity index (χ1n) is 4.40. The van der Waals surface area contributed by atoms with Gasteiger partial charge in [0, 0.05) is 24.9 Å². The molecule has 0 radical (unpaired) electrons. The van der Waals surface area contributed by atoms with E-state index in [0.717, 1.165) is 0 Å². The summed E-state index contributed by atoms with van der Waals surface area (Å²) in [5.41, 5.74) is 5.84. The van der Waals surface area contributed by atoms with Gasteiger partial charge in [-0.05, 0) is 6.07 Å². The molecule has 15 heavy (non-hydrogen) atoms. The van der Waals surface area contributed by atoms with Gasteiger partial charge in [-0.15, -0.1) is 0 Å². The summed E-state index contributed by atoms with van der Waals surface area (Å²) in [7, 11) is 1.67. The zero-order valence-electron chi connectivity index (χ0n) is 8.17. The summed E-state index contributed by atoms with van der Waals surface area (Å²) in [5.74, 6) is 0.735. The molecule has 0 saturated carbocycles. The van der Waals surface area contributed by atoms with Gasteiger partial charge in [-0.25, -0.2) is 0 Å². The van der Waals surface area contributed by atoms with Crippen LogP contribution in [0.25, 0.3) is 11.4 Å². The molecule has 0 spiro atoms. The third-order valence-corrected chi connectivity index (χ3v) is 2.01. The summed E-state index contributed by atoms with van der Waals surface area (Å²) in [6.07, 6.45) is 1.65. The number of hydrogen-bond donors (Lipinski definition) is 1. The zero-order chi connectivity index (χ0) is 10.8. The van der Waals surface area contributed by atoms with E-state index in [-0.39, 0.29) is 12.1 Å². The number of aromatic nitrogens is 3. The van der Waals surface area contributed by atoms with E-state index in [0.29, 0.717) is 17.3 Å². The second-order valence-electron chi connectivity index (χ2n) is 3.08. The van der Waals surface area contributed by atoms with Gasteiger partial charge in [-0.3, -0.25) is 4.79 Å². The lowest BCUT2D eigenvalue weighted by molar-refractivity contribution is 0.380. The highest BCUT2D eigenvalue weighted by molar-refractivity contribution is 5.52. The first-order chi connectivity index (χ1) is 7.20. The van der Waals surface area contributed by atoms with E-state index in [1.165, 1.54) is 10.6 Å².